The Balaban J connectivity index is 2.50. The molecule has 0 bridgehead atoms. The van der Waals surface area contributed by atoms with Crippen LogP contribution < -0.4 is 0 Å². The van der Waals surface area contributed by atoms with Gasteiger partial charge in [0.05, 0.1) is 12.7 Å². The van der Waals surface area contributed by atoms with Gasteiger partial charge in [0.1, 0.15) is 0 Å². The number of rotatable bonds is 5. The molecule has 0 saturated carbocycles. The Bertz CT molecular complexity index is 612. The van der Waals surface area contributed by atoms with Gasteiger partial charge in [-0.1, -0.05) is 51.1 Å². The Morgan fingerprint density at radius 2 is 1.90 bits per heavy atom. The van der Waals surface area contributed by atoms with E-state index in [1.165, 1.54) is 12.7 Å². The van der Waals surface area contributed by atoms with Gasteiger partial charge in [-0.25, -0.2) is 4.79 Å². The summed E-state index contributed by atoms with van der Waals surface area (Å²) in [7, 11) is 1.44. The summed E-state index contributed by atoms with van der Waals surface area (Å²) >= 11 is 0. The van der Waals surface area contributed by atoms with E-state index < -0.39 is 0 Å². The van der Waals surface area contributed by atoms with Gasteiger partial charge < -0.3 is 9.30 Å². The van der Waals surface area contributed by atoms with Crippen molar-refractivity contribution in [2.24, 2.45) is 0 Å². The lowest BCUT2D eigenvalue weighted by Gasteiger charge is -2.14. The standard InChI is InChI=1S/C18H23NO2/c1-5-15-12-19(11-14-9-7-6-8-10-14)17(13(2)3)16(15)18(20)21-4/h6-10,12-13H,5,11H2,1-4H3. The second-order valence-electron chi connectivity index (χ2n) is 5.53. The number of aromatic nitrogens is 1. The normalized spacial score (nSPS) is 10.9. The number of esters is 1. The predicted molar refractivity (Wildman–Crippen MR) is 84.8 cm³/mol. The van der Waals surface area contributed by atoms with Crippen molar-refractivity contribution in [1.82, 2.24) is 4.57 Å². The van der Waals surface area contributed by atoms with Crippen molar-refractivity contribution in [2.75, 3.05) is 7.11 Å². The molecule has 3 heteroatoms. The van der Waals surface area contributed by atoms with Crippen LogP contribution in [0, 0.1) is 0 Å². The van der Waals surface area contributed by atoms with Crippen LogP contribution in [0.1, 0.15) is 53.9 Å². The third-order valence-electron chi connectivity index (χ3n) is 3.71. The van der Waals surface area contributed by atoms with E-state index in [0.717, 1.165) is 29.8 Å². The quantitative estimate of drug-likeness (QED) is 0.777. The van der Waals surface area contributed by atoms with Gasteiger partial charge in [0, 0.05) is 18.4 Å². The van der Waals surface area contributed by atoms with Crippen molar-refractivity contribution >= 4 is 5.97 Å². The fourth-order valence-corrected chi connectivity index (χ4v) is 2.77. The third kappa shape index (κ3) is 3.18. The van der Waals surface area contributed by atoms with Crippen LogP contribution in [0.4, 0.5) is 0 Å². The van der Waals surface area contributed by atoms with Crippen molar-refractivity contribution in [2.45, 2.75) is 39.7 Å². The summed E-state index contributed by atoms with van der Waals surface area (Å²) < 4.78 is 7.17. The maximum atomic E-state index is 12.1. The zero-order valence-electron chi connectivity index (χ0n) is 13.2. The summed E-state index contributed by atoms with van der Waals surface area (Å²) in [5.41, 5.74) is 4.09. The highest BCUT2D eigenvalue weighted by molar-refractivity contribution is 5.92. The first-order valence-corrected chi connectivity index (χ1v) is 7.42. The number of carbonyl (C=O) groups excluding carboxylic acids is 1. The molecule has 112 valence electrons. The van der Waals surface area contributed by atoms with Crippen molar-refractivity contribution in [3.8, 4) is 0 Å². The Labute approximate surface area is 126 Å². The molecule has 0 N–H and O–H groups in total. The van der Waals surface area contributed by atoms with E-state index in [4.69, 9.17) is 4.74 Å². The Hall–Kier alpha value is -2.03. The molecule has 0 saturated heterocycles. The van der Waals surface area contributed by atoms with Crippen molar-refractivity contribution < 1.29 is 9.53 Å². The molecule has 1 heterocycles. The van der Waals surface area contributed by atoms with Gasteiger partial charge in [0.2, 0.25) is 0 Å². The van der Waals surface area contributed by atoms with E-state index in [9.17, 15) is 4.79 Å². The number of nitrogens with zero attached hydrogens (tertiary/aromatic N) is 1. The van der Waals surface area contributed by atoms with Crippen LogP contribution in [0.5, 0.6) is 0 Å². The number of benzene rings is 1. The summed E-state index contributed by atoms with van der Waals surface area (Å²) in [6.07, 6.45) is 2.92. The number of hydrogen-bond donors (Lipinski definition) is 0. The van der Waals surface area contributed by atoms with Crippen LogP contribution in [-0.2, 0) is 17.7 Å². The first-order chi connectivity index (χ1) is 10.1. The fourth-order valence-electron chi connectivity index (χ4n) is 2.77. The summed E-state index contributed by atoms with van der Waals surface area (Å²) in [4.78, 5) is 12.1. The second-order valence-corrected chi connectivity index (χ2v) is 5.53. The van der Waals surface area contributed by atoms with Gasteiger partial charge in [-0.2, -0.15) is 0 Å². The predicted octanol–water partition coefficient (Wildman–Crippen LogP) is 4.01. The molecule has 0 spiro atoms. The average molecular weight is 285 g/mol. The van der Waals surface area contributed by atoms with E-state index in [1.807, 2.05) is 18.2 Å². The molecule has 0 fully saturated rings. The van der Waals surface area contributed by atoms with E-state index >= 15 is 0 Å². The Morgan fingerprint density at radius 1 is 1.24 bits per heavy atom. The first kappa shape index (κ1) is 15.4. The second kappa shape index (κ2) is 6.61. The van der Waals surface area contributed by atoms with Crippen molar-refractivity contribution in [3.05, 3.63) is 58.9 Å². The maximum absolute atomic E-state index is 12.1. The maximum Gasteiger partial charge on any atom is 0.339 e. The third-order valence-corrected chi connectivity index (χ3v) is 3.71. The summed E-state index contributed by atoms with van der Waals surface area (Å²) in [5.74, 6) is 0.0328. The van der Waals surface area contributed by atoms with Gasteiger partial charge >= 0.3 is 5.97 Å². The number of ether oxygens (including phenoxy) is 1. The van der Waals surface area contributed by atoms with Crippen LogP contribution >= 0.6 is 0 Å². The SMILES string of the molecule is CCc1cn(Cc2ccccc2)c(C(C)C)c1C(=O)OC. The smallest absolute Gasteiger partial charge is 0.339 e. The summed E-state index contributed by atoms with van der Waals surface area (Å²) in [5, 5.41) is 0. The molecule has 1 aromatic heterocycles. The zero-order valence-corrected chi connectivity index (χ0v) is 13.2. The minimum Gasteiger partial charge on any atom is -0.465 e. The molecule has 0 unspecified atom stereocenters. The van der Waals surface area contributed by atoms with E-state index in [0.29, 0.717) is 0 Å². The topological polar surface area (TPSA) is 31.2 Å². The van der Waals surface area contributed by atoms with Crippen molar-refractivity contribution in [1.29, 1.82) is 0 Å². The molecule has 21 heavy (non-hydrogen) atoms. The molecular weight excluding hydrogens is 262 g/mol. The van der Waals surface area contributed by atoms with Crippen LogP contribution in [-0.4, -0.2) is 17.6 Å². The summed E-state index contributed by atoms with van der Waals surface area (Å²) in [6.45, 7) is 7.07. The largest absolute Gasteiger partial charge is 0.465 e. The minimum absolute atomic E-state index is 0.234. The lowest BCUT2D eigenvalue weighted by Crippen LogP contribution is -2.11. The number of carbonyl (C=O) groups is 1. The Kier molecular flexibility index (Phi) is 4.84. The molecule has 0 amide bonds. The van der Waals surface area contributed by atoms with Crippen molar-refractivity contribution in [3.63, 3.8) is 0 Å². The molecule has 2 rings (SSSR count). The highest BCUT2D eigenvalue weighted by atomic mass is 16.5. The van der Waals surface area contributed by atoms with Crippen LogP contribution in [0.3, 0.4) is 0 Å². The van der Waals surface area contributed by atoms with Gasteiger partial charge in [-0.05, 0) is 23.5 Å². The van der Waals surface area contributed by atoms with E-state index in [-0.39, 0.29) is 11.9 Å². The first-order valence-electron chi connectivity index (χ1n) is 7.42. The molecule has 0 aliphatic carbocycles. The Morgan fingerprint density at radius 3 is 2.43 bits per heavy atom. The highest BCUT2D eigenvalue weighted by Gasteiger charge is 2.23. The molecule has 0 radical (unpaired) electrons. The average Bonchev–Trinajstić information content (AvgIpc) is 2.86. The lowest BCUT2D eigenvalue weighted by atomic mass is 10.0. The number of aryl methyl sites for hydroxylation is 1. The van der Waals surface area contributed by atoms with Gasteiger partial charge in [0.25, 0.3) is 0 Å². The monoisotopic (exact) mass is 285 g/mol. The number of hydrogen-bond acceptors (Lipinski definition) is 2. The lowest BCUT2D eigenvalue weighted by molar-refractivity contribution is 0.0597. The molecule has 0 aliphatic heterocycles. The fraction of sp³-hybridized carbons (Fsp3) is 0.389. The molecule has 2 aromatic rings. The minimum atomic E-state index is -0.234. The van der Waals surface area contributed by atoms with Gasteiger partial charge in [-0.3, -0.25) is 0 Å². The van der Waals surface area contributed by atoms with Crippen LogP contribution in [0.15, 0.2) is 36.5 Å². The summed E-state index contributed by atoms with van der Waals surface area (Å²) in [6, 6.07) is 10.3. The molecule has 0 aliphatic rings. The zero-order chi connectivity index (χ0) is 15.4. The highest BCUT2D eigenvalue weighted by Crippen LogP contribution is 2.27. The molecule has 3 nitrogen and oxygen atoms in total. The van der Waals surface area contributed by atoms with Gasteiger partial charge in [0.15, 0.2) is 0 Å². The van der Waals surface area contributed by atoms with Crippen LogP contribution in [0.2, 0.25) is 0 Å². The number of methoxy groups -OCH3 is 1. The van der Waals surface area contributed by atoms with Crippen LogP contribution in [0.25, 0.3) is 0 Å². The molecule has 0 atom stereocenters. The molecule has 1 aromatic carbocycles. The molecular formula is C18H23NO2. The van der Waals surface area contributed by atoms with E-state index in [1.54, 1.807) is 0 Å². The van der Waals surface area contributed by atoms with E-state index in [2.05, 4.69) is 43.7 Å². The van der Waals surface area contributed by atoms with Gasteiger partial charge in [-0.15, -0.1) is 0 Å².